The van der Waals surface area contributed by atoms with Crippen LogP contribution in [0, 0.1) is 5.92 Å². The van der Waals surface area contributed by atoms with Crippen molar-refractivity contribution >= 4 is 16.8 Å². The van der Waals surface area contributed by atoms with Crippen molar-refractivity contribution in [1.29, 1.82) is 0 Å². The van der Waals surface area contributed by atoms with Crippen molar-refractivity contribution in [3.8, 4) is 0 Å². The molecule has 0 radical (unpaired) electrons. The first-order valence-corrected chi connectivity index (χ1v) is 6.22. The van der Waals surface area contributed by atoms with Crippen molar-refractivity contribution < 1.29 is 4.42 Å². The number of nitrogens with zero attached hydrogens (tertiary/aromatic N) is 2. The average molecular weight is 229 g/mol. The number of fused-ring (bicyclic) bond motifs is 2. The minimum Gasteiger partial charge on any atom is -0.463 e. The fourth-order valence-electron chi connectivity index (χ4n) is 3.01. The zero-order chi connectivity index (χ0) is 11.2. The van der Waals surface area contributed by atoms with Gasteiger partial charge in [0.1, 0.15) is 5.52 Å². The number of furan rings is 1. The van der Waals surface area contributed by atoms with E-state index in [9.17, 15) is 0 Å². The molecule has 2 atom stereocenters. The molecule has 2 fully saturated rings. The van der Waals surface area contributed by atoms with Crippen molar-refractivity contribution in [2.45, 2.75) is 12.5 Å². The summed E-state index contributed by atoms with van der Waals surface area (Å²) in [6.45, 7) is 3.44. The van der Waals surface area contributed by atoms with E-state index in [4.69, 9.17) is 4.42 Å². The normalized spacial score (nSPS) is 27.9. The van der Waals surface area contributed by atoms with E-state index in [0.717, 1.165) is 23.6 Å². The highest BCUT2D eigenvalue weighted by Gasteiger charge is 2.40. The predicted molar refractivity (Wildman–Crippen MR) is 66.1 cm³/mol. The van der Waals surface area contributed by atoms with Gasteiger partial charge in [0.2, 0.25) is 0 Å². The van der Waals surface area contributed by atoms with E-state index in [-0.39, 0.29) is 0 Å². The lowest BCUT2D eigenvalue weighted by Crippen LogP contribution is -2.63. The zero-order valence-electron chi connectivity index (χ0n) is 9.60. The molecule has 2 unspecified atom stereocenters. The highest BCUT2D eigenvalue weighted by molar-refractivity contribution is 5.76. The van der Waals surface area contributed by atoms with Crippen molar-refractivity contribution in [3.63, 3.8) is 0 Å². The summed E-state index contributed by atoms with van der Waals surface area (Å²) < 4.78 is 5.41. The van der Waals surface area contributed by atoms with Gasteiger partial charge in [0, 0.05) is 31.3 Å². The molecule has 0 saturated carbocycles. The van der Waals surface area contributed by atoms with Crippen LogP contribution in [0.5, 0.6) is 0 Å². The molecule has 0 aliphatic carbocycles. The Morgan fingerprint density at radius 2 is 2.47 bits per heavy atom. The lowest BCUT2D eigenvalue weighted by atomic mass is 9.83. The molecule has 4 heteroatoms. The molecule has 2 aromatic rings. The molecular weight excluding hydrogens is 214 g/mol. The summed E-state index contributed by atoms with van der Waals surface area (Å²) in [6.07, 6.45) is 4.96. The second kappa shape index (κ2) is 3.47. The first-order chi connectivity index (χ1) is 8.42. The minimum absolute atomic E-state index is 0.651. The van der Waals surface area contributed by atoms with Crippen LogP contribution in [0.4, 0.5) is 5.69 Å². The molecule has 2 aromatic heterocycles. The van der Waals surface area contributed by atoms with Gasteiger partial charge in [-0.15, -0.1) is 0 Å². The van der Waals surface area contributed by atoms with Gasteiger partial charge in [-0.25, -0.2) is 0 Å². The molecule has 4 nitrogen and oxygen atoms in total. The Bertz CT molecular complexity index is 550. The summed E-state index contributed by atoms with van der Waals surface area (Å²) in [5.74, 6) is 0.864. The molecule has 0 bridgehead atoms. The summed E-state index contributed by atoms with van der Waals surface area (Å²) in [5.41, 5.74) is 3.01. The predicted octanol–water partition coefficient (Wildman–Crippen LogP) is 1.63. The first-order valence-electron chi connectivity index (χ1n) is 6.22. The van der Waals surface area contributed by atoms with E-state index in [1.807, 2.05) is 12.3 Å². The molecule has 0 amide bonds. The van der Waals surface area contributed by atoms with Crippen LogP contribution in [0.15, 0.2) is 29.0 Å². The lowest BCUT2D eigenvalue weighted by molar-refractivity contribution is 0.229. The van der Waals surface area contributed by atoms with E-state index in [2.05, 4.69) is 21.3 Å². The number of piperidine rings is 1. The highest BCUT2D eigenvalue weighted by atomic mass is 16.3. The quantitative estimate of drug-likeness (QED) is 0.807. The second-order valence-electron chi connectivity index (χ2n) is 4.97. The monoisotopic (exact) mass is 229 g/mol. The summed E-state index contributed by atoms with van der Waals surface area (Å²) in [7, 11) is 0. The largest absolute Gasteiger partial charge is 0.463 e. The zero-order valence-corrected chi connectivity index (χ0v) is 9.60. The number of hydrogen-bond acceptors (Lipinski definition) is 4. The maximum absolute atomic E-state index is 5.41. The van der Waals surface area contributed by atoms with Gasteiger partial charge in [-0.2, -0.15) is 0 Å². The fraction of sp³-hybridized carbons (Fsp3) is 0.462. The Labute approximate surface area is 99.6 Å². The van der Waals surface area contributed by atoms with Gasteiger partial charge < -0.3 is 14.6 Å². The Balaban J connectivity index is 1.65. The maximum atomic E-state index is 5.41. The Hall–Kier alpha value is -1.55. The smallest absolute Gasteiger partial charge is 0.154 e. The number of pyridine rings is 1. The lowest BCUT2D eigenvalue weighted by Gasteiger charge is -2.52. The van der Waals surface area contributed by atoms with Crippen LogP contribution in [0.25, 0.3) is 11.1 Å². The van der Waals surface area contributed by atoms with E-state index < -0.39 is 0 Å². The number of rotatable bonds is 1. The van der Waals surface area contributed by atoms with Crippen LogP contribution in [0.3, 0.4) is 0 Å². The van der Waals surface area contributed by atoms with Crippen LogP contribution in [-0.4, -0.2) is 30.7 Å². The topological polar surface area (TPSA) is 41.3 Å². The van der Waals surface area contributed by atoms with Crippen LogP contribution < -0.4 is 10.2 Å². The van der Waals surface area contributed by atoms with E-state index >= 15 is 0 Å². The molecule has 2 aliphatic rings. The van der Waals surface area contributed by atoms with Crippen molar-refractivity contribution in [2.24, 2.45) is 5.92 Å². The number of hydrogen-bond donors (Lipinski definition) is 1. The average Bonchev–Trinajstić information content (AvgIpc) is 2.78. The van der Waals surface area contributed by atoms with Crippen molar-refractivity contribution in [3.05, 3.63) is 24.6 Å². The van der Waals surface area contributed by atoms with Crippen LogP contribution in [-0.2, 0) is 0 Å². The van der Waals surface area contributed by atoms with Crippen molar-refractivity contribution in [1.82, 2.24) is 10.3 Å². The summed E-state index contributed by atoms with van der Waals surface area (Å²) in [6, 6.07) is 4.66. The van der Waals surface area contributed by atoms with Crippen molar-refractivity contribution in [2.75, 3.05) is 24.5 Å². The van der Waals surface area contributed by atoms with Crippen LogP contribution >= 0.6 is 0 Å². The van der Waals surface area contributed by atoms with Gasteiger partial charge in [0.05, 0.1) is 18.1 Å². The molecule has 2 saturated heterocycles. The van der Waals surface area contributed by atoms with Gasteiger partial charge in [-0.3, -0.25) is 4.98 Å². The molecular formula is C13H15N3O. The SMILES string of the molecule is c1cc2ncc(N3CC4CCNCC43)cc2o1. The molecule has 17 heavy (non-hydrogen) atoms. The number of aromatic nitrogens is 1. The molecule has 0 aromatic carbocycles. The van der Waals surface area contributed by atoms with E-state index in [1.54, 1.807) is 6.26 Å². The van der Waals surface area contributed by atoms with Gasteiger partial charge in [-0.1, -0.05) is 0 Å². The minimum atomic E-state index is 0.651. The van der Waals surface area contributed by atoms with Crippen LogP contribution in [0.1, 0.15) is 6.42 Å². The highest BCUT2D eigenvalue weighted by Crippen LogP contribution is 2.35. The van der Waals surface area contributed by atoms with E-state index in [1.165, 1.54) is 25.2 Å². The molecule has 4 rings (SSSR count). The summed E-state index contributed by atoms with van der Waals surface area (Å²) in [5, 5.41) is 3.46. The maximum Gasteiger partial charge on any atom is 0.154 e. The second-order valence-corrected chi connectivity index (χ2v) is 4.97. The Kier molecular flexibility index (Phi) is 1.93. The standard InChI is InChI=1S/C13H15N3O/c1-3-14-7-12-9(1)8-16(12)10-5-13-11(15-6-10)2-4-17-13/h2,4-6,9,12,14H,1,3,7-8H2. The van der Waals surface area contributed by atoms with Crippen LogP contribution in [0.2, 0.25) is 0 Å². The van der Waals surface area contributed by atoms with Gasteiger partial charge >= 0.3 is 0 Å². The van der Waals surface area contributed by atoms with Gasteiger partial charge in [0.25, 0.3) is 0 Å². The molecule has 1 N–H and O–H groups in total. The molecule has 0 spiro atoms. The molecule has 4 heterocycles. The summed E-state index contributed by atoms with van der Waals surface area (Å²) in [4.78, 5) is 6.86. The van der Waals surface area contributed by atoms with E-state index in [0.29, 0.717) is 6.04 Å². The summed E-state index contributed by atoms with van der Waals surface area (Å²) >= 11 is 0. The number of nitrogens with one attached hydrogen (secondary N) is 1. The third-order valence-corrected chi connectivity index (χ3v) is 4.04. The fourth-order valence-corrected chi connectivity index (χ4v) is 3.01. The molecule has 2 aliphatic heterocycles. The van der Waals surface area contributed by atoms with Gasteiger partial charge in [-0.05, 0) is 18.9 Å². The third kappa shape index (κ3) is 1.37. The van der Waals surface area contributed by atoms with Gasteiger partial charge in [0.15, 0.2) is 5.58 Å². The third-order valence-electron chi connectivity index (χ3n) is 4.04. The molecule has 88 valence electrons. The Morgan fingerprint density at radius 3 is 3.41 bits per heavy atom. The first kappa shape index (κ1) is 9.48. The Morgan fingerprint density at radius 1 is 1.47 bits per heavy atom. The number of anilines is 1.